The van der Waals surface area contributed by atoms with Gasteiger partial charge in [0.1, 0.15) is 28.0 Å². The SMILES string of the molecule is Cc1ccc(-c2nc(N)c(Sc3ccc(F)cc3)nc2-c2ccc3ncccc3c2)o1. The van der Waals surface area contributed by atoms with Crippen LogP contribution < -0.4 is 5.73 Å². The van der Waals surface area contributed by atoms with Crippen LogP contribution in [0.3, 0.4) is 0 Å². The number of nitrogens with two attached hydrogens (primary N) is 1. The topological polar surface area (TPSA) is 77.8 Å². The van der Waals surface area contributed by atoms with Gasteiger partial charge in [-0.15, -0.1) is 0 Å². The highest BCUT2D eigenvalue weighted by molar-refractivity contribution is 7.99. The number of anilines is 1. The first-order valence-corrected chi connectivity index (χ1v) is 10.4. The maximum absolute atomic E-state index is 13.3. The Hall–Kier alpha value is -3.71. The number of furan rings is 1. The fourth-order valence-electron chi connectivity index (χ4n) is 3.28. The first-order chi connectivity index (χ1) is 15.1. The predicted octanol–water partition coefficient (Wildman–Crippen LogP) is 6.13. The molecule has 3 aromatic heterocycles. The van der Waals surface area contributed by atoms with Crippen LogP contribution in [0.2, 0.25) is 0 Å². The summed E-state index contributed by atoms with van der Waals surface area (Å²) in [6.45, 7) is 1.88. The van der Waals surface area contributed by atoms with E-state index in [1.54, 1.807) is 18.3 Å². The molecule has 0 aliphatic rings. The highest BCUT2D eigenvalue weighted by atomic mass is 32.2. The van der Waals surface area contributed by atoms with Crippen molar-refractivity contribution in [1.29, 1.82) is 0 Å². The molecule has 0 aliphatic heterocycles. The largest absolute Gasteiger partial charge is 0.460 e. The Morgan fingerprint density at radius 3 is 2.55 bits per heavy atom. The van der Waals surface area contributed by atoms with Crippen molar-refractivity contribution < 1.29 is 8.81 Å². The summed E-state index contributed by atoms with van der Waals surface area (Å²) >= 11 is 1.34. The molecule has 3 heterocycles. The van der Waals surface area contributed by atoms with Crippen LogP contribution in [0.5, 0.6) is 0 Å². The summed E-state index contributed by atoms with van der Waals surface area (Å²) < 4.78 is 19.1. The van der Waals surface area contributed by atoms with Gasteiger partial charge in [0.15, 0.2) is 11.6 Å². The quantitative estimate of drug-likeness (QED) is 0.371. The minimum Gasteiger partial charge on any atom is -0.460 e. The van der Waals surface area contributed by atoms with Crippen LogP contribution in [-0.4, -0.2) is 15.0 Å². The summed E-state index contributed by atoms with van der Waals surface area (Å²) in [5.74, 6) is 1.35. The molecular formula is C24H17FN4OS. The standard InChI is InChI=1S/C24H17FN4OS/c1-14-4-11-20(30-14)22-21(16-5-10-19-15(13-16)3-2-12-27-19)29-24(23(26)28-22)31-18-8-6-17(25)7-9-18/h2-13H,1H3,(H2,26,28). The van der Waals surface area contributed by atoms with E-state index in [9.17, 15) is 4.39 Å². The van der Waals surface area contributed by atoms with Crippen molar-refractivity contribution in [1.82, 2.24) is 15.0 Å². The molecule has 0 saturated carbocycles. The molecule has 7 heteroatoms. The molecule has 5 rings (SSSR count). The molecule has 0 atom stereocenters. The van der Waals surface area contributed by atoms with Gasteiger partial charge in [-0.3, -0.25) is 4.98 Å². The van der Waals surface area contributed by atoms with E-state index in [2.05, 4.69) is 9.97 Å². The first-order valence-electron chi connectivity index (χ1n) is 9.60. The lowest BCUT2D eigenvalue weighted by Gasteiger charge is -2.12. The number of rotatable bonds is 4. The molecule has 5 nitrogen and oxygen atoms in total. The third-order valence-electron chi connectivity index (χ3n) is 4.77. The third kappa shape index (κ3) is 3.87. The van der Waals surface area contributed by atoms with Gasteiger partial charge < -0.3 is 10.2 Å². The molecule has 152 valence electrons. The minimum atomic E-state index is -0.294. The molecule has 2 N–H and O–H groups in total. The number of nitrogen functional groups attached to an aromatic ring is 1. The van der Waals surface area contributed by atoms with E-state index >= 15 is 0 Å². The number of hydrogen-bond acceptors (Lipinski definition) is 6. The Balaban J connectivity index is 1.67. The van der Waals surface area contributed by atoms with Crippen molar-refractivity contribution in [2.45, 2.75) is 16.8 Å². The van der Waals surface area contributed by atoms with Gasteiger partial charge in [0.05, 0.1) is 5.52 Å². The third-order valence-corrected chi connectivity index (χ3v) is 5.77. The zero-order chi connectivity index (χ0) is 21.4. The van der Waals surface area contributed by atoms with Crippen molar-refractivity contribution in [2.24, 2.45) is 0 Å². The average molecular weight is 428 g/mol. The Morgan fingerprint density at radius 1 is 0.935 bits per heavy atom. The molecule has 2 aromatic carbocycles. The molecule has 0 fully saturated rings. The van der Waals surface area contributed by atoms with Crippen LogP contribution in [0, 0.1) is 12.7 Å². The zero-order valence-corrected chi connectivity index (χ0v) is 17.4. The van der Waals surface area contributed by atoms with E-state index in [1.165, 1.54) is 23.9 Å². The van der Waals surface area contributed by atoms with Gasteiger partial charge in [-0.2, -0.15) is 0 Å². The zero-order valence-electron chi connectivity index (χ0n) is 16.5. The van der Waals surface area contributed by atoms with Crippen LogP contribution in [0.1, 0.15) is 5.76 Å². The molecule has 0 aliphatic carbocycles. The molecule has 31 heavy (non-hydrogen) atoms. The highest BCUT2D eigenvalue weighted by Crippen LogP contribution is 2.37. The number of nitrogens with zero attached hydrogens (tertiary/aromatic N) is 3. The fraction of sp³-hybridized carbons (Fsp3) is 0.0417. The molecule has 0 saturated heterocycles. The predicted molar refractivity (Wildman–Crippen MR) is 120 cm³/mol. The summed E-state index contributed by atoms with van der Waals surface area (Å²) in [4.78, 5) is 14.7. The Bertz CT molecular complexity index is 1400. The van der Waals surface area contributed by atoms with E-state index in [4.69, 9.17) is 15.1 Å². The van der Waals surface area contributed by atoms with Gasteiger partial charge in [-0.25, -0.2) is 14.4 Å². The number of halogens is 1. The van der Waals surface area contributed by atoms with Crippen molar-refractivity contribution in [3.05, 3.63) is 84.5 Å². The maximum Gasteiger partial charge on any atom is 0.157 e. The van der Waals surface area contributed by atoms with Crippen LogP contribution in [0.15, 0.2) is 87.3 Å². The Morgan fingerprint density at radius 2 is 1.77 bits per heavy atom. The summed E-state index contributed by atoms with van der Waals surface area (Å²) in [6.07, 6.45) is 1.76. The summed E-state index contributed by atoms with van der Waals surface area (Å²) in [6, 6.07) is 19.8. The number of pyridine rings is 1. The van der Waals surface area contributed by atoms with Crippen LogP contribution in [-0.2, 0) is 0 Å². The van der Waals surface area contributed by atoms with Crippen molar-refractivity contribution >= 4 is 28.5 Å². The van der Waals surface area contributed by atoms with Crippen molar-refractivity contribution in [3.8, 4) is 22.7 Å². The van der Waals surface area contributed by atoms with E-state index in [0.29, 0.717) is 22.2 Å². The molecule has 0 unspecified atom stereocenters. The smallest absolute Gasteiger partial charge is 0.157 e. The number of hydrogen-bond donors (Lipinski definition) is 1. The van der Waals surface area contributed by atoms with Gasteiger partial charge in [-0.05, 0) is 61.5 Å². The van der Waals surface area contributed by atoms with E-state index in [-0.39, 0.29) is 11.6 Å². The second kappa shape index (κ2) is 7.85. The van der Waals surface area contributed by atoms with Crippen LogP contribution >= 0.6 is 11.8 Å². The van der Waals surface area contributed by atoms with Gasteiger partial charge in [-0.1, -0.05) is 23.9 Å². The normalized spacial score (nSPS) is 11.2. The van der Waals surface area contributed by atoms with E-state index in [0.717, 1.165) is 27.1 Å². The molecular weight excluding hydrogens is 411 g/mol. The Labute approximate surface area is 182 Å². The van der Waals surface area contributed by atoms with Crippen molar-refractivity contribution in [2.75, 3.05) is 5.73 Å². The van der Waals surface area contributed by atoms with E-state index < -0.39 is 0 Å². The number of fused-ring (bicyclic) bond motifs is 1. The van der Waals surface area contributed by atoms with Gasteiger partial charge in [0, 0.05) is 22.0 Å². The summed E-state index contributed by atoms with van der Waals surface area (Å²) in [5, 5.41) is 1.54. The lowest BCUT2D eigenvalue weighted by atomic mass is 10.1. The molecule has 0 radical (unpaired) electrons. The number of aryl methyl sites for hydroxylation is 1. The van der Waals surface area contributed by atoms with Gasteiger partial charge >= 0.3 is 0 Å². The van der Waals surface area contributed by atoms with Crippen LogP contribution in [0.4, 0.5) is 10.2 Å². The van der Waals surface area contributed by atoms with Crippen LogP contribution in [0.25, 0.3) is 33.6 Å². The number of aromatic nitrogens is 3. The number of benzene rings is 2. The van der Waals surface area contributed by atoms with Gasteiger partial charge in [0.2, 0.25) is 0 Å². The maximum atomic E-state index is 13.3. The first kappa shape index (κ1) is 19.3. The highest BCUT2D eigenvalue weighted by Gasteiger charge is 2.19. The van der Waals surface area contributed by atoms with E-state index in [1.807, 2.05) is 49.4 Å². The molecule has 0 amide bonds. The minimum absolute atomic E-state index is 0.282. The fourth-order valence-corrected chi connectivity index (χ4v) is 4.06. The Kier molecular flexibility index (Phi) is 4.88. The second-order valence-corrected chi connectivity index (χ2v) is 8.05. The molecule has 5 aromatic rings. The molecule has 0 spiro atoms. The van der Waals surface area contributed by atoms with Gasteiger partial charge in [0.25, 0.3) is 0 Å². The lowest BCUT2D eigenvalue weighted by molar-refractivity contribution is 0.546. The molecule has 0 bridgehead atoms. The second-order valence-electron chi connectivity index (χ2n) is 6.99. The summed E-state index contributed by atoms with van der Waals surface area (Å²) in [7, 11) is 0. The average Bonchev–Trinajstić information content (AvgIpc) is 3.22. The summed E-state index contributed by atoms with van der Waals surface area (Å²) in [5.41, 5.74) is 9.25. The monoisotopic (exact) mass is 428 g/mol. The van der Waals surface area contributed by atoms with Crippen molar-refractivity contribution in [3.63, 3.8) is 0 Å². The lowest BCUT2D eigenvalue weighted by Crippen LogP contribution is -2.02.